The van der Waals surface area contributed by atoms with Crippen LogP contribution in [-0.2, 0) is 0 Å². The summed E-state index contributed by atoms with van der Waals surface area (Å²) >= 11 is 11.8. The number of nitro benzene ring substituents is 1. The van der Waals surface area contributed by atoms with Gasteiger partial charge in [-0.15, -0.1) is 0 Å². The van der Waals surface area contributed by atoms with Crippen molar-refractivity contribution in [2.45, 2.75) is 13.3 Å². The van der Waals surface area contributed by atoms with Crippen LogP contribution in [0.2, 0.25) is 10.0 Å². The molecule has 0 saturated heterocycles. The van der Waals surface area contributed by atoms with Crippen LogP contribution in [0.5, 0.6) is 0 Å². The number of nitrogens with zero attached hydrogens (tertiary/aromatic N) is 1. The summed E-state index contributed by atoms with van der Waals surface area (Å²) in [5.74, 6) is 0. The van der Waals surface area contributed by atoms with E-state index in [2.05, 4.69) is 5.32 Å². The lowest BCUT2D eigenvalue weighted by atomic mass is 10.2. The monoisotopic (exact) mass is 274 g/mol. The molecule has 0 bridgehead atoms. The van der Waals surface area contributed by atoms with Gasteiger partial charge in [-0.25, -0.2) is 0 Å². The Morgan fingerprint density at radius 1 is 1.41 bits per heavy atom. The van der Waals surface area contributed by atoms with Crippen LogP contribution in [0.15, 0.2) is 24.3 Å². The van der Waals surface area contributed by atoms with Crippen LogP contribution in [0.1, 0.15) is 13.3 Å². The van der Waals surface area contributed by atoms with E-state index in [1.54, 1.807) is 0 Å². The summed E-state index contributed by atoms with van der Waals surface area (Å²) in [6, 6.07) is 2.57. The van der Waals surface area contributed by atoms with Gasteiger partial charge in [0.05, 0.1) is 20.7 Å². The minimum Gasteiger partial charge on any atom is -0.382 e. The molecule has 1 aromatic carbocycles. The Hall–Kier alpha value is -1.26. The molecule has 0 radical (unpaired) electrons. The number of allylic oxidation sites excluding steroid dienone is 1. The molecule has 0 heterocycles. The Morgan fingerprint density at radius 2 is 2.00 bits per heavy atom. The second-order valence-electron chi connectivity index (χ2n) is 3.33. The zero-order valence-corrected chi connectivity index (χ0v) is 10.8. The maximum atomic E-state index is 10.6. The van der Waals surface area contributed by atoms with E-state index >= 15 is 0 Å². The molecule has 1 aromatic rings. The van der Waals surface area contributed by atoms with Gasteiger partial charge in [-0.1, -0.05) is 35.4 Å². The van der Waals surface area contributed by atoms with Crippen molar-refractivity contribution in [3.63, 3.8) is 0 Å². The highest BCUT2D eigenvalue weighted by molar-refractivity contribution is 6.39. The van der Waals surface area contributed by atoms with Crippen molar-refractivity contribution in [3.05, 3.63) is 44.4 Å². The van der Waals surface area contributed by atoms with Gasteiger partial charge in [0.25, 0.3) is 5.69 Å². The number of anilines is 1. The lowest BCUT2D eigenvalue weighted by Gasteiger charge is -2.09. The fraction of sp³-hybridized carbons (Fsp3) is 0.273. The maximum absolute atomic E-state index is 10.6. The first-order valence-corrected chi connectivity index (χ1v) is 5.80. The highest BCUT2D eigenvalue weighted by atomic mass is 35.5. The van der Waals surface area contributed by atoms with E-state index in [4.69, 9.17) is 23.2 Å². The number of halogens is 2. The number of non-ortho nitro benzene ring substituents is 1. The predicted molar refractivity (Wildman–Crippen MR) is 71.0 cm³/mol. The van der Waals surface area contributed by atoms with Gasteiger partial charge in [0.1, 0.15) is 0 Å². The van der Waals surface area contributed by atoms with Crippen LogP contribution < -0.4 is 5.32 Å². The lowest BCUT2D eigenvalue weighted by Crippen LogP contribution is -2.02. The molecule has 0 fully saturated rings. The highest BCUT2D eigenvalue weighted by Gasteiger charge is 2.13. The lowest BCUT2D eigenvalue weighted by molar-refractivity contribution is -0.384. The van der Waals surface area contributed by atoms with Crippen molar-refractivity contribution in [1.29, 1.82) is 0 Å². The predicted octanol–water partition coefficient (Wildman–Crippen LogP) is 4.28. The average molecular weight is 275 g/mol. The summed E-state index contributed by atoms with van der Waals surface area (Å²) in [6.07, 6.45) is 4.78. The zero-order chi connectivity index (χ0) is 12.8. The molecule has 92 valence electrons. The number of nitro groups is 1. The summed E-state index contributed by atoms with van der Waals surface area (Å²) in [5.41, 5.74) is 0.419. The Morgan fingerprint density at radius 3 is 2.47 bits per heavy atom. The van der Waals surface area contributed by atoms with E-state index in [0.717, 1.165) is 6.42 Å². The van der Waals surface area contributed by atoms with Gasteiger partial charge in [0.15, 0.2) is 0 Å². The highest BCUT2D eigenvalue weighted by Crippen LogP contribution is 2.34. The Labute approximate surface area is 109 Å². The van der Waals surface area contributed by atoms with Gasteiger partial charge >= 0.3 is 0 Å². The molecule has 0 spiro atoms. The molecule has 0 aliphatic carbocycles. The Balaban J connectivity index is 2.82. The van der Waals surface area contributed by atoms with E-state index in [1.807, 2.05) is 19.1 Å². The third-order valence-electron chi connectivity index (χ3n) is 2.09. The summed E-state index contributed by atoms with van der Waals surface area (Å²) < 4.78 is 0. The van der Waals surface area contributed by atoms with Crippen LogP contribution in [0.3, 0.4) is 0 Å². The fourth-order valence-electron chi connectivity index (χ4n) is 1.28. The first kappa shape index (κ1) is 13.8. The van der Waals surface area contributed by atoms with Gasteiger partial charge in [-0.05, 0) is 13.3 Å². The molecule has 1 rings (SSSR count). The minimum atomic E-state index is -0.526. The SMILES string of the molecule is C/C=C/CCNc1c(Cl)cc([N+](=O)[O-])cc1Cl. The molecular weight excluding hydrogens is 263 g/mol. The smallest absolute Gasteiger partial charge is 0.272 e. The van der Waals surface area contributed by atoms with Crippen LogP contribution in [0, 0.1) is 10.1 Å². The molecule has 0 aromatic heterocycles. The van der Waals surface area contributed by atoms with Crippen molar-refractivity contribution < 1.29 is 4.92 Å². The summed E-state index contributed by atoms with van der Waals surface area (Å²) in [6.45, 7) is 2.60. The van der Waals surface area contributed by atoms with Crippen LogP contribution in [0.25, 0.3) is 0 Å². The first-order valence-electron chi connectivity index (χ1n) is 5.04. The van der Waals surface area contributed by atoms with Crippen molar-refractivity contribution in [2.24, 2.45) is 0 Å². The maximum Gasteiger partial charge on any atom is 0.272 e. The molecule has 0 aliphatic rings. The number of rotatable bonds is 5. The molecule has 0 aliphatic heterocycles. The molecule has 0 saturated carbocycles. The van der Waals surface area contributed by atoms with Crippen molar-refractivity contribution >= 4 is 34.6 Å². The summed E-state index contributed by atoms with van der Waals surface area (Å²) in [5, 5.41) is 14.1. The van der Waals surface area contributed by atoms with E-state index in [0.29, 0.717) is 12.2 Å². The third-order valence-corrected chi connectivity index (χ3v) is 2.68. The summed E-state index contributed by atoms with van der Waals surface area (Å²) in [4.78, 5) is 10.0. The number of hydrogen-bond donors (Lipinski definition) is 1. The quantitative estimate of drug-likeness (QED) is 0.377. The molecule has 1 N–H and O–H groups in total. The van der Waals surface area contributed by atoms with Crippen molar-refractivity contribution in [1.82, 2.24) is 0 Å². The van der Waals surface area contributed by atoms with Gasteiger partial charge in [0.2, 0.25) is 0 Å². The number of hydrogen-bond acceptors (Lipinski definition) is 3. The Bertz CT molecular complexity index is 424. The van der Waals surface area contributed by atoms with Gasteiger partial charge in [-0.3, -0.25) is 10.1 Å². The second-order valence-corrected chi connectivity index (χ2v) is 4.14. The first-order chi connectivity index (χ1) is 8.06. The van der Waals surface area contributed by atoms with Crippen LogP contribution in [0.4, 0.5) is 11.4 Å². The standard InChI is InChI=1S/C11H12Cl2N2O2/c1-2-3-4-5-14-11-9(12)6-8(15(16)17)7-10(11)13/h2-3,6-7,14H,4-5H2,1H3/b3-2+. The molecule has 6 heteroatoms. The molecular formula is C11H12Cl2N2O2. The van der Waals surface area contributed by atoms with E-state index in [1.165, 1.54) is 12.1 Å². The molecule has 4 nitrogen and oxygen atoms in total. The third kappa shape index (κ3) is 3.91. The Kier molecular flexibility index (Phi) is 5.25. The van der Waals surface area contributed by atoms with Crippen LogP contribution >= 0.6 is 23.2 Å². The van der Waals surface area contributed by atoms with Crippen LogP contribution in [-0.4, -0.2) is 11.5 Å². The second kappa shape index (κ2) is 6.47. The van der Waals surface area contributed by atoms with Gasteiger partial charge < -0.3 is 5.32 Å². The molecule has 0 amide bonds. The number of benzene rings is 1. The largest absolute Gasteiger partial charge is 0.382 e. The van der Waals surface area contributed by atoms with Crippen molar-refractivity contribution in [2.75, 3.05) is 11.9 Å². The van der Waals surface area contributed by atoms with E-state index < -0.39 is 4.92 Å². The average Bonchev–Trinajstić information content (AvgIpc) is 2.26. The molecule has 0 unspecified atom stereocenters. The normalized spacial score (nSPS) is 10.8. The topological polar surface area (TPSA) is 55.2 Å². The van der Waals surface area contributed by atoms with Gasteiger partial charge in [0, 0.05) is 18.7 Å². The fourth-order valence-corrected chi connectivity index (χ4v) is 1.89. The summed E-state index contributed by atoms with van der Waals surface area (Å²) in [7, 11) is 0. The zero-order valence-electron chi connectivity index (χ0n) is 9.24. The number of nitrogens with one attached hydrogen (secondary N) is 1. The van der Waals surface area contributed by atoms with Crippen molar-refractivity contribution in [3.8, 4) is 0 Å². The van der Waals surface area contributed by atoms with Gasteiger partial charge in [-0.2, -0.15) is 0 Å². The molecule has 17 heavy (non-hydrogen) atoms. The van der Waals surface area contributed by atoms with E-state index in [9.17, 15) is 10.1 Å². The minimum absolute atomic E-state index is 0.112. The molecule has 0 atom stereocenters. The van der Waals surface area contributed by atoms with E-state index in [-0.39, 0.29) is 15.7 Å².